The van der Waals surface area contributed by atoms with Gasteiger partial charge < -0.3 is 4.40 Å². The van der Waals surface area contributed by atoms with Gasteiger partial charge in [0.05, 0.1) is 15.6 Å². The molecule has 1 N–H and O–H groups in total. The van der Waals surface area contributed by atoms with Crippen molar-refractivity contribution in [3.05, 3.63) is 83.4 Å². The normalized spacial score (nSPS) is 11.7. The molecule has 2 aromatic carbocycles. The Morgan fingerprint density at radius 3 is 2.54 bits per heavy atom. The maximum atomic E-state index is 13.3. The summed E-state index contributed by atoms with van der Waals surface area (Å²) >= 11 is 5.68. The van der Waals surface area contributed by atoms with Crippen LogP contribution >= 0.6 is 11.6 Å². The van der Waals surface area contributed by atoms with Gasteiger partial charge in [0.25, 0.3) is 10.0 Å². The minimum absolute atomic E-state index is 0.112. The Labute approximate surface area is 166 Å². The summed E-state index contributed by atoms with van der Waals surface area (Å²) in [5.41, 5.74) is 3.96. The van der Waals surface area contributed by atoms with Gasteiger partial charge in [-0.2, -0.15) is 0 Å². The van der Waals surface area contributed by atoms with Gasteiger partial charge in [-0.15, -0.1) is 0 Å². The lowest BCUT2D eigenvalue weighted by atomic mass is 10.1. The average Bonchev–Trinajstić information content (AvgIpc) is 3.10. The zero-order valence-electron chi connectivity index (χ0n) is 14.7. The molecule has 4 aromatic rings. The minimum Gasteiger partial charge on any atom is -0.306 e. The second-order valence-electron chi connectivity index (χ2n) is 6.31. The monoisotopic (exact) mass is 415 g/mol. The number of nitrogens with one attached hydrogen (secondary N) is 1. The quantitative estimate of drug-likeness (QED) is 0.515. The Morgan fingerprint density at radius 2 is 1.86 bits per heavy atom. The SMILES string of the molecule is Cc1cccn2cc(-c3ccc(NS(=O)(=O)c4ccc(F)c(Cl)c4)cc3)nc12. The predicted octanol–water partition coefficient (Wildman–Crippen LogP) is 4.90. The van der Waals surface area contributed by atoms with Gasteiger partial charge in [-0.05, 0) is 48.9 Å². The van der Waals surface area contributed by atoms with E-state index in [1.807, 2.05) is 35.9 Å². The zero-order valence-corrected chi connectivity index (χ0v) is 16.3. The number of nitrogens with zero attached hydrogens (tertiary/aromatic N) is 2. The molecule has 0 saturated carbocycles. The molecule has 0 radical (unpaired) electrons. The summed E-state index contributed by atoms with van der Waals surface area (Å²) < 4.78 is 42.6. The number of halogens is 2. The number of benzene rings is 2. The number of fused-ring (bicyclic) bond motifs is 1. The van der Waals surface area contributed by atoms with E-state index in [0.717, 1.165) is 40.7 Å². The summed E-state index contributed by atoms with van der Waals surface area (Å²) in [6.45, 7) is 1.99. The van der Waals surface area contributed by atoms with Crippen molar-refractivity contribution in [3.63, 3.8) is 0 Å². The van der Waals surface area contributed by atoms with Crippen LogP contribution in [0, 0.1) is 12.7 Å². The van der Waals surface area contributed by atoms with E-state index in [9.17, 15) is 12.8 Å². The van der Waals surface area contributed by atoms with Crippen LogP contribution < -0.4 is 4.72 Å². The van der Waals surface area contributed by atoms with E-state index in [4.69, 9.17) is 11.6 Å². The van der Waals surface area contributed by atoms with Crippen molar-refractivity contribution >= 4 is 33.0 Å². The van der Waals surface area contributed by atoms with Crippen molar-refractivity contribution in [1.29, 1.82) is 0 Å². The van der Waals surface area contributed by atoms with Gasteiger partial charge in [0, 0.05) is 23.6 Å². The summed E-state index contributed by atoms with van der Waals surface area (Å²) in [5.74, 6) is -0.673. The molecule has 0 atom stereocenters. The van der Waals surface area contributed by atoms with Crippen LogP contribution in [0.15, 0.2) is 71.9 Å². The van der Waals surface area contributed by atoms with Crippen LogP contribution in [0.5, 0.6) is 0 Å². The van der Waals surface area contributed by atoms with Gasteiger partial charge in [-0.1, -0.05) is 29.8 Å². The number of rotatable bonds is 4. The number of anilines is 1. The molecule has 0 spiro atoms. The number of hydrogen-bond donors (Lipinski definition) is 1. The summed E-state index contributed by atoms with van der Waals surface area (Å²) in [6.07, 6.45) is 3.84. The molecule has 0 amide bonds. The molecule has 0 unspecified atom stereocenters. The topological polar surface area (TPSA) is 63.5 Å². The molecule has 142 valence electrons. The Kier molecular flexibility index (Phi) is 4.56. The summed E-state index contributed by atoms with van der Waals surface area (Å²) in [4.78, 5) is 4.51. The first-order valence-electron chi connectivity index (χ1n) is 8.36. The zero-order chi connectivity index (χ0) is 19.9. The first kappa shape index (κ1) is 18.5. The molecule has 5 nitrogen and oxygen atoms in total. The second kappa shape index (κ2) is 6.92. The fourth-order valence-electron chi connectivity index (χ4n) is 2.86. The second-order valence-corrected chi connectivity index (χ2v) is 8.40. The maximum Gasteiger partial charge on any atom is 0.261 e. The van der Waals surface area contributed by atoms with Crippen LogP contribution in [0.25, 0.3) is 16.9 Å². The van der Waals surface area contributed by atoms with Crippen molar-refractivity contribution in [2.75, 3.05) is 4.72 Å². The molecule has 2 aromatic heterocycles. The maximum absolute atomic E-state index is 13.3. The van der Waals surface area contributed by atoms with Crippen molar-refractivity contribution in [2.24, 2.45) is 0 Å². The third-order valence-electron chi connectivity index (χ3n) is 4.31. The van der Waals surface area contributed by atoms with E-state index in [-0.39, 0.29) is 9.92 Å². The van der Waals surface area contributed by atoms with Crippen LogP contribution in [0.3, 0.4) is 0 Å². The number of hydrogen-bond acceptors (Lipinski definition) is 3. The fraction of sp³-hybridized carbons (Fsp3) is 0.0500. The molecule has 0 saturated heterocycles. The Morgan fingerprint density at radius 1 is 1.11 bits per heavy atom. The van der Waals surface area contributed by atoms with Crippen LogP contribution in [0.4, 0.5) is 10.1 Å². The number of pyridine rings is 1. The third-order valence-corrected chi connectivity index (χ3v) is 5.98. The summed E-state index contributed by atoms with van der Waals surface area (Å²) in [5, 5.41) is -0.250. The highest BCUT2D eigenvalue weighted by Crippen LogP contribution is 2.25. The smallest absolute Gasteiger partial charge is 0.261 e. The van der Waals surface area contributed by atoms with Gasteiger partial charge in [0.15, 0.2) is 0 Å². The van der Waals surface area contributed by atoms with Crippen molar-refractivity contribution in [2.45, 2.75) is 11.8 Å². The first-order chi connectivity index (χ1) is 13.3. The predicted molar refractivity (Wildman–Crippen MR) is 108 cm³/mol. The van der Waals surface area contributed by atoms with Gasteiger partial charge in [0.1, 0.15) is 11.5 Å². The van der Waals surface area contributed by atoms with E-state index >= 15 is 0 Å². The highest BCUT2D eigenvalue weighted by Gasteiger charge is 2.16. The Balaban J connectivity index is 1.60. The third kappa shape index (κ3) is 3.46. The van der Waals surface area contributed by atoms with E-state index in [0.29, 0.717) is 5.69 Å². The minimum atomic E-state index is -3.88. The number of aromatic nitrogens is 2. The van der Waals surface area contributed by atoms with Crippen LogP contribution in [-0.4, -0.2) is 17.8 Å². The lowest BCUT2D eigenvalue weighted by molar-refractivity contribution is 0.599. The number of imidazole rings is 1. The molecule has 2 heterocycles. The van der Waals surface area contributed by atoms with E-state index in [2.05, 4.69) is 9.71 Å². The molecular weight excluding hydrogens is 401 g/mol. The van der Waals surface area contributed by atoms with E-state index < -0.39 is 15.8 Å². The highest BCUT2D eigenvalue weighted by molar-refractivity contribution is 7.92. The van der Waals surface area contributed by atoms with E-state index in [1.54, 1.807) is 24.3 Å². The van der Waals surface area contributed by atoms with Crippen molar-refractivity contribution in [1.82, 2.24) is 9.38 Å². The van der Waals surface area contributed by atoms with Gasteiger partial charge in [0.2, 0.25) is 0 Å². The Hall–Kier alpha value is -2.90. The molecule has 0 bridgehead atoms. The molecule has 0 aliphatic carbocycles. The largest absolute Gasteiger partial charge is 0.306 e. The summed E-state index contributed by atoms with van der Waals surface area (Å²) in [7, 11) is -3.88. The first-order valence-corrected chi connectivity index (χ1v) is 10.2. The molecular formula is C20H15ClFN3O2S. The van der Waals surface area contributed by atoms with Crippen LogP contribution in [-0.2, 0) is 10.0 Å². The van der Waals surface area contributed by atoms with Crippen molar-refractivity contribution in [3.8, 4) is 11.3 Å². The Bertz CT molecular complexity index is 1280. The average molecular weight is 416 g/mol. The lowest BCUT2D eigenvalue weighted by Crippen LogP contribution is -2.13. The van der Waals surface area contributed by atoms with Gasteiger partial charge in [-0.3, -0.25) is 4.72 Å². The van der Waals surface area contributed by atoms with Crippen LogP contribution in [0.2, 0.25) is 5.02 Å². The lowest BCUT2D eigenvalue weighted by Gasteiger charge is -2.09. The highest BCUT2D eigenvalue weighted by atomic mass is 35.5. The molecule has 0 fully saturated rings. The summed E-state index contributed by atoms with van der Waals surface area (Å²) in [6, 6.07) is 14.1. The molecule has 0 aliphatic rings. The van der Waals surface area contributed by atoms with Crippen LogP contribution in [0.1, 0.15) is 5.56 Å². The standard InChI is InChI=1S/C20H15ClFN3O2S/c1-13-3-2-10-25-12-19(23-20(13)25)14-4-6-15(7-5-14)24-28(26,27)16-8-9-18(22)17(21)11-16/h2-12,24H,1H3. The number of sulfonamides is 1. The fourth-order valence-corrected chi connectivity index (χ4v) is 4.19. The molecule has 0 aliphatic heterocycles. The number of aryl methyl sites for hydroxylation is 1. The van der Waals surface area contributed by atoms with Crippen molar-refractivity contribution < 1.29 is 12.8 Å². The molecule has 28 heavy (non-hydrogen) atoms. The van der Waals surface area contributed by atoms with E-state index in [1.165, 1.54) is 0 Å². The molecule has 4 rings (SSSR count). The van der Waals surface area contributed by atoms with Gasteiger partial charge in [-0.25, -0.2) is 17.8 Å². The molecule has 8 heteroatoms. The van der Waals surface area contributed by atoms with Gasteiger partial charge >= 0.3 is 0 Å².